The smallest absolute Gasteiger partial charge is 0.134 e. The molecule has 0 heterocycles. The van der Waals surface area contributed by atoms with Gasteiger partial charge in [-0.05, 0) is 40.8 Å². The van der Waals surface area contributed by atoms with E-state index in [1.54, 1.807) is 12.1 Å². The van der Waals surface area contributed by atoms with Gasteiger partial charge in [-0.2, -0.15) is 0 Å². The number of phenols is 1. The van der Waals surface area contributed by atoms with Crippen molar-refractivity contribution in [3.05, 3.63) is 57.0 Å². The van der Waals surface area contributed by atoms with Crippen molar-refractivity contribution in [3.8, 4) is 5.75 Å². The molecule has 21 heavy (non-hydrogen) atoms. The molecule has 0 saturated heterocycles. The zero-order valence-electron chi connectivity index (χ0n) is 11.2. The maximum absolute atomic E-state index is 10.1. The third-order valence-corrected chi connectivity index (χ3v) is 4.08. The highest BCUT2D eigenvalue weighted by atomic mass is 79.9. The van der Waals surface area contributed by atoms with Crippen LogP contribution in [0.3, 0.4) is 0 Å². The highest BCUT2D eigenvalue weighted by Gasteiger charge is 2.09. The van der Waals surface area contributed by atoms with Crippen LogP contribution in [0.15, 0.2) is 50.8 Å². The van der Waals surface area contributed by atoms with Crippen LogP contribution in [0.25, 0.3) is 6.08 Å². The van der Waals surface area contributed by atoms with Crippen molar-refractivity contribution in [2.24, 2.45) is 4.99 Å². The zero-order chi connectivity index (χ0) is 15.4. The average Bonchev–Trinajstić information content (AvgIpc) is 2.48. The Kier molecular flexibility index (Phi) is 5.20. The minimum Gasteiger partial charge on any atom is -0.506 e. The van der Waals surface area contributed by atoms with Gasteiger partial charge in [-0.15, -0.1) is 0 Å². The van der Waals surface area contributed by atoms with E-state index in [1.807, 2.05) is 24.3 Å². The third-order valence-electron chi connectivity index (χ3n) is 3.02. The average molecular weight is 410 g/mol. The lowest BCUT2D eigenvalue weighted by molar-refractivity contribution is 0.465. The molecule has 0 atom stereocenters. The van der Waals surface area contributed by atoms with Gasteiger partial charge < -0.3 is 10.4 Å². The van der Waals surface area contributed by atoms with Crippen molar-refractivity contribution >= 4 is 56.0 Å². The van der Waals surface area contributed by atoms with Crippen molar-refractivity contribution < 1.29 is 5.11 Å². The van der Waals surface area contributed by atoms with Crippen LogP contribution in [0, 0.1) is 0 Å². The summed E-state index contributed by atoms with van der Waals surface area (Å²) in [6.45, 7) is 7.83. The minimum absolute atomic E-state index is 0.221. The summed E-state index contributed by atoms with van der Waals surface area (Å²) in [5.74, 6) is 0.221. The molecule has 0 bridgehead atoms. The molecular weight excluding hydrogens is 396 g/mol. The van der Waals surface area contributed by atoms with E-state index in [1.165, 1.54) is 0 Å². The number of para-hydroxylation sites is 1. The Bertz CT molecular complexity index is 699. The topological polar surface area (TPSA) is 44.6 Å². The predicted molar refractivity (Wildman–Crippen MR) is 96.6 cm³/mol. The summed E-state index contributed by atoms with van der Waals surface area (Å²) < 4.78 is 1.54. The van der Waals surface area contributed by atoms with E-state index >= 15 is 0 Å². The minimum atomic E-state index is 0.221. The first-order valence-electron chi connectivity index (χ1n) is 6.19. The standard InChI is InChI=1S/C16H14Br2N2O/c1-3-10-5-4-6-14(15(10)19-2)20-9-11-7-12(17)8-13(18)16(11)21/h3-8,20-21H,1-2,9H2. The fraction of sp³-hybridized carbons (Fsp3) is 0.0625. The molecule has 0 radical (unpaired) electrons. The normalized spacial score (nSPS) is 10.2. The second-order valence-corrected chi connectivity index (χ2v) is 6.12. The highest BCUT2D eigenvalue weighted by Crippen LogP contribution is 2.34. The van der Waals surface area contributed by atoms with Crippen molar-refractivity contribution in [3.63, 3.8) is 0 Å². The molecule has 0 amide bonds. The van der Waals surface area contributed by atoms with Crippen molar-refractivity contribution in [1.29, 1.82) is 0 Å². The maximum atomic E-state index is 10.1. The molecule has 2 N–H and O–H groups in total. The molecule has 108 valence electrons. The van der Waals surface area contributed by atoms with E-state index in [9.17, 15) is 5.11 Å². The molecule has 2 rings (SSSR count). The van der Waals surface area contributed by atoms with E-state index in [4.69, 9.17) is 0 Å². The second-order valence-electron chi connectivity index (χ2n) is 4.35. The van der Waals surface area contributed by atoms with Crippen molar-refractivity contribution in [1.82, 2.24) is 0 Å². The number of hydrogen-bond donors (Lipinski definition) is 2. The van der Waals surface area contributed by atoms with Gasteiger partial charge in [-0.3, -0.25) is 4.99 Å². The lowest BCUT2D eigenvalue weighted by Gasteiger charge is -2.13. The van der Waals surface area contributed by atoms with Crippen LogP contribution >= 0.6 is 31.9 Å². The fourth-order valence-corrected chi connectivity index (χ4v) is 3.30. The molecule has 3 nitrogen and oxygen atoms in total. The largest absolute Gasteiger partial charge is 0.506 e. The van der Waals surface area contributed by atoms with Gasteiger partial charge in [0.25, 0.3) is 0 Å². The first-order valence-corrected chi connectivity index (χ1v) is 7.78. The van der Waals surface area contributed by atoms with Gasteiger partial charge in [-0.1, -0.05) is 40.7 Å². The van der Waals surface area contributed by atoms with Crippen LogP contribution in [0.4, 0.5) is 11.4 Å². The van der Waals surface area contributed by atoms with E-state index in [-0.39, 0.29) is 5.75 Å². The van der Waals surface area contributed by atoms with Gasteiger partial charge in [0.05, 0.1) is 15.8 Å². The molecule has 0 aromatic heterocycles. The second kappa shape index (κ2) is 6.91. The lowest BCUT2D eigenvalue weighted by Crippen LogP contribution is -2.01. The van der Waals surface area contributed by atoms with Crippen LogP contribution in [0.5, 0.6) is 5.75 Å². The molecule has 0 unspecified atom stereocenters. The summed E-state index contributed by atoms with van der Waals surface area (Å²) in [6.07, 6.45) is 1.74. The summed E-state index contributed by atoms with van der Waals surface area (Å²) in [6, 6.07) is 9.43. The van der Waals surface area contributed by atoms with Crippen LogP contribution in [-0.2, 0) is 6.54 Å². The Morgan fingerprint density at radius 3 is 2.71 bits per heavy atom. The molecule has 0 aliphatic heterocycles. The number of nitrogens with zero attached hydrogens (tertiary/aromatic N) is 1. The van der Waals surface area contributed by atoms with Gasteiger partial charge in [-0.25, -0.2) is 0 Å². The molecule has 5 heteroatoms. The summed E-state index contributed by atoms with van der Waals surface area (Å²) >= 11 is 6.74. The number of nitrogens with one attached hydrogen (secondary N) is 1. The molecule has 0 fully saturated rings. The molecule has 2 aromatic rings. The summed E-state index contributed by atoms with van der Waals surface area (Å²) in [5, 5.41) is 13.3. The van der Waals surface area contributed by atoms with Gasteiger partial charge in [0.1, 0.15) is 5.75 Å². The van der Waals surface area contributed by atoms with Crippen LogP contribution in [-0.4, -0.2) is 11.8 Å². The zero-order valence-corrected chi connectivity index (χ0v) is 14.4. The third kappa shape index (κ3) is 3.54. The number of aliphatic imine (C=N–C) groups is 1. The maximum Gasteiger partial charge on any atom is 0.134 e. The van der Waals surface area contributed by atoms with Crippen molar-refractivity contribution in [2.45, 2.75) is 6.54 Å². The molecular formula is C16H14Br2N2O. The highest BCUT2D eigenvalue weighted by molar-refractivity contribution is 9.11. The van der Waals surface area contributed by atoms with Gasteiger partial charge in [0, 0.05) is 22.1 Å². The number of benzene rings is 2. The van der Waals surface area contributed by atoms with E-state index in [2.05, 4.69) is 55.5 Å². The number of halogens is 2. The Morgan fingerprint density at radius 1 is 1.29 bits per heavy atom. The molecule has 0 aliphatic rings. The molecule has 0 saturated carbocycles. The Labute approximate surface area is 140 Å². The van der Waals surface area contributed by atoms with E-state index < -0.39 is 0 Å². The number of aromatic hydroxyl groups is 1. The van der Waals surface area contributed by atoms with Crippen LogP contribution < -0.4 is 5.32 Å². The van der Waals surface area contributed by atoms with Gasteiger partial charge in [0.2, 0.25) is 0 Å². The number of rotatable bonds is 5. The van der Waals surface area contributed by atoms with E-state index in [0.29, 0.717) is 11.0 Å². The first-order chi connectivity index (χ1) is 10.1. The molecule has 0 spiro atoms. The Balaban J connectivity index is 2.29. The number of anilines is 1. The lowest BCUT2D eigenvalue weighted by atomic mass is 10.1. The quantitative estimate of drug-likeness (QED) is 0.640. The predicted octanol–water partition coefficient (Wildman–Crippen LogP) is 5.50. The number of hydrogen-bond acceptors (Lipinski definition) is 3. The summed E-state index contributed by atoms with van der Waals surface area (Å²) in [5.41, 5.74) is 3.28. The van der Waals surface area contributed by atoms with E-state index in [0.717, 1.165) is 27.0 Å². The summed E-state index contributed by atoms with van der Waals surface area (Å²) in [7, 11) is 0. The SMILES string of the molecule is C=Cc1cccc(NCc2cc(Br)cc(Br)c2O)c1N=C. The van der Waals surface area contributed by atoms with Gasteiger partial charge >= 0.3 is 0 Å². The van der Waals surface area contributed by atoms with Crippen LogP contribution in [0.1, 0.15) is 11.1 Å². The Hall–Kier alpha value is -1.59. The fourth-order valence-electron chi connectivity index (χ4n) is 1.99. The first kappa shape index (κ1) is 15.8. The summed E-state index contributed by atoms with van der Waals surface area (Å²) in [4.78, 5) is 4.05. The van der Waals surface area contributed by atoms with Gasteiger partial charge in [0.15, 0.2) is 0 Å². The molecule has 0 aliphatic carbocycles. The number of phenolic OH excluding ortho intramolecular Hbond substituents is 1. The monoisotopic (exact) mass is 408 g/mol. The van der Waals surface area contributed by atoms with Crippen LogP contribution in [0.2, 0.25) is 0 Å². The molecule has 2 aromatic carbocycles. The van der Waals surface area contributed by atoms with Crippen molar-refractivity contribution in [2.75, 3.05) is 5.32 Å². The Morgan fingerprint density at radius 2 is 2.05 bits per heavy atom.